The smallest absolute Gasteiger partial charge is 0.248 e. The lowest BCUT2D eigenvalue weighted by Crippen LogP contribution is -2.36. The number of nitro groups is 1. The topological polar surface area (TPSA) is 75.8 Å². The Hall–Kier alpha value is -2.54. The molecule has 132 valence electrons. The van der Waals surface area contributed by atoms with E-state index in [1.54, 1.807) is 11.2 Å². The van der Waals surface area contributed by atoms with Crippen LogP contribution in [0.1, 0.15) is 35.6 Å². The highest BCUT2D eigenvalue weighted by atomic mass is 79.9. The molecule has 0 amide bonds. The Bertz CT molecular complexity index is 913. The van der Waals surface area contributed by atoms with E-state index < -0.39 is 24.0 Å². The van der Waals surface area contributed by atoms with E-state index in [1.165, 1.54) is 6.92 Å². The summed E-state index contributed by atoms with van der Waals surface area (Å²) >= 11 is 3.39. The van der Waals surface area contributed by atoms with Crippen molar-refractivity contribution in [3.05, 3.63) is 79.8 Å². The van der Waals surface area contributed by atoms with E-state index in [9.17, 15) is 14.9 Å². The van der Waals surface area contributed by atoms with Crippen LogP contribution in [0.15, 0.2) is 58.1 Å². The molecule has 2 heterocycles. The van der Waals surface area contributed by atoms with E-state index in [4.69, 9.17) is 0 Å². The first-order chi connectivity index (χ1) is 12.5. The van der Waals surface area contributed by atoms with Crippen LogP contribution in [-0.2, 0) is 4.79 Å². The number of rotatable bonds is 3. The molecule has 2 aliphatic heterocycles. The van der Waals surface area contributed by atoms with Gasteiger partial charge in [-0.25, -0.2) is 0 Å². The Balaban J connectivity index is 1.91. The van der Waals surface area contributed by atoms with E-state index >= 15 is 0 Å². The number of benzene rings is 2. The van der Waals surface area contributed by atoms with Gasteiger partial charge in [0.2, 0.25) is 6.04 Å². The van der Waals surface area contributed by atoms with Crippen molar-refractivity contribution in [1.29, 1.82) is 0 Å². The zero-order valence-electron chi connectivity index (χ0n) is 13.9. The van der Waals surface area contributed by atoms with Gasteiger partial charge in [-0.05, 0) is 30.2 Å². The number of nitrogens with zero attached hydrogens (tertiary/aromatic N) is 3. The molecule has 4 rings (SSSR count). The van der Waals surface area contributed by atoms with Gasteiger partial charge in [-0.15, -0.1) is 0 Å². The summed E-state index contributed by atoms with van der Waals surface area (Å²) in [6.07, 6.45) is 1.68. The van der Waals surface area contributed by atoms with Crippen LogP contribution in [0.25, 0.3) is 0 Å². The van der Waals surface area contributed by atoms with Gasteiger partial charge in [0.25, 0.3) is 0 Å². The number of hydrogen-bond acceptors (Lipinski definition) is 5. The second-order valence-corrected chi connectivity index (χ2v) is 7.52. The number of ketones is 1. The minimum atomic E-state index is -0.955. The molecule has 4 atom stereocenters. The highest BCUT2D eigenvalue weighted by molar-refractivity contribution is 9.10. The first-order valence-corrected chi connectivity index (χ1v) is 9.09. The van der Waals surface area contributed by atoms with E-state index in [2.05, 4.69) is 21.0 Å². The molecule has 0 aromatic heterocycles. The maximum Gasteiger partial charge on any atom is 0.248 e. The first-order valence-electron chi connectivity index (χ1n) is 8.29. The quantitative estimate of drug-likeness (QED) is 0.569. The number of carbonyl (C=O) groups excluding carboxylic acids is 1. The van der Waals surface area contributed by atoms with Crippen molar-refractivity contribution in [1.82, 2.24) is 5.01 Å². The van der Waals surface area contributed by atoms with Gasteiger partial charge >= 0.3 is 0 Å². The van der Waals surface area contributed by atoms with Gasteiger partial charge in [0.05, 0.1) is 12.1 Å². The fourth-order valence-electron chi connectivity index (χ4n) is 4.12. The van der Waals surface area contributed by atoms with Crippen LogP contribution >= 0.6 is 15.9 Å². The number of Topliss-reactive ketones (excluding diaryl/α,β-unsaturated/α-hetero) is 1. The summed E-state index contributed by atoms with van der Waals surface area (Å²) in [5, 5.41) is 18.2. The number of fused-ring (bicyclic) bond motifs is 3. The highest BCUT2D eigenvalue weighted by Gasteiger charge is 2.59. The lowest BCUT2D eigenvalue weighted by atomic mass is 9.84. The molecule has 0 radical (unpaired) electrons. The molecular formula is C19H16BrN3O3. The predicted octanol–water partition coefficient (Wildman–Crippen LogP) is 3.54. The summed E-state index contributed by atoms with van der Waals surface area (Å²) < 4.78 is 0.886. The Morgan fingerprint density at radius 1 is 1.19 bits per heavy atom. The van der Waals surface area contributed by atoms with Crippen molar-refractivity contribution in [2.45, 2.75) is 31.0 Å². The van der Waals surface area contributed by atoms with Crippen molar-refractivity contribution >= 4 is 27.9 Å². The molecule has 0 saturated carbocycles. The summed E-state index contributed by atoms with van der Waals surface area (Å²) in [5.41, 5.74) is 2.48. The summed E-state index contributed by atoms with van der Waals surface area (Å²) in [6, 6.07) is 12.7. The van der Waals surface area contributed by atoms with Crippen molar-refractivity contribution in [2.24, 2.45) is 5.10 Å². The normalized spacial score (nSPS) is 26.3. The van der Waals surface area contributed by atoms with Crippen LogP contribution in [0.5, 0.6) is 0 Å². The molecule has 1 saturated heterocycles. The molecule has 0 spiro atoms. The number of hydrogen-bond donors (Lipinski definition) is 0. The molecule has 26 heavy (non-hydrogen) atoms. The SMILES string of the molecule is CC(=O)[C@@H]1[C@H](c2ccc(Br)cc2)[C@@H]([N+](=O)[O-])[C@H]2c3ccccc3C=NN12. The van der Waals surface area contributed by atoms with Gasteiger partial charge in [0.1, 0.15) is 12.1 Å². The zero-order chi connectivity index (χ0) is 18.4. The van der Waals surface area contributed by atoms with Gasteiger partial charge < -0.3 is 0 Å². The van der Waals surface area contributed by atoms with Gasteiger partial charge in [-0.1, -0.05) is 52.3 Å². The molecule has 0 aliphatic carbocycles. The summed E-state index contributed by atoms with van der Waals surface area (Å²) in [5.74, 6) is -0.687. The van der Waals surface area contributed by atoms with Crippen LogP contribution in [0, 0.1) is 10.1 Å². The van der Waals surface area contributed by atoms with Crippen LogP contribution in [0.3, 0.4) is 0 Å². The number of carbonyl (C=O) groups is 1. The molecule has 7 heteroatoms. The highest BCUT2D eigenvalue weighted by Crippen LogP contribution is 2.49. The van der Waals surface area contributed by atoms with Gasteiger partial charge in [-0.3, -0.25) is 19.9 Å². The fourth-order valence-corrected chi connectivity index (χ4v) is 4.39. The maximum atomic E-state index is 12.5. The van der Waals surface area contributed by atoms with E-state index in [-0.39, 0.29) is 10.7 Å². The molecule has 2 aliphatic rings. The van der Waals surface area contributed by atoms with Crippen molar-refractivity contribution < 1.29 is 9.72 Å². The third-order valence-electron chi connectivity index (χ3n) is 5.16. The standard InChI is InChI=1S/C19H16BrN3O3/c1-11(24)17-16(12-6-8-14(20)9-7-12)19(23(25)26)18-15-5-3-2-4-13(15)10-21-22(17)18/h2-10,16-19H,1H3/t16-,17+,18+,19+/m0/s1. The van der Waals surface area contributed by atoms with Gasteiger partial charge in [0, 0.05) is 15.0 Å². The first kappa shape index (κ1) is 16.9. The van der Waals surface area contributed by atoms with E-state index in [0.29, 0.717) is 0 Å². The second kappa shape index (κ2) is 6.32. The minimum absolute atomic E-state index is 0.121. The zero-order valence-corrected chi connectivity index (χ0v) is 15.5. The molecule has 2 aromatic carbocycles. The Kier molecular flexibility index (Phi) is 4.11. The molecule has 1 fully saturated rings. The Labute approximate surface area is 158 Å². The van der Waals surface area contributed by atoms with Crippen LogP contribution in [0.2, 0.25) is 0 Å². The van der Waals surface area contributed by atoms with Gasteiger partial charge in [0.15, 0.2) is 5.78 Å². The minimum Gasteiger partial charge on any atom is -0.298 e. The Morgan fingerprint density at radius 3 is 2.54 bits per heavy atom. The number of hydrazone groups is 1. The summed E-state index contributed by atoms with van der Waals surface area (Å²) in [7, 11) is 0. The lowest BCUT2D eigenvalue weighted by Gasteiger charge is -2.30. The van der Waals surface area contributed by atoms with Crippen molar-refractivity contribution in [3.63, 3.8) is 0 Å². The van der Waals surface area contributed by atoms with Crippen molar-refractivity contribution in [3.8, 4) is 0 Å². The van der Waals surface area contributed by atoms with Crippen LogP contribution in [-0.4, -0.2) is 34.0 Å². The van der Waals surface area contributed by atoms with E-state index in [1.807, 2.05) is 48.5 Å². The maximum absolute atomic E-state index is 12.5. The van der Waals surface area contributed by atoms with Gasteiger partial charge in [-0.2, -0.15) is 5.10 Å². The lowest BCUT2D eigenvalue weighted by molar-refractivity contribution is -0.529. The third-order valence-corrected chi connectivity index (χ3v) is 5.69. The predicted molar refractivity (Wildman–Crippen MR) is 101 cm³/mol. The second-order valence-electron chi connectivity index (χ2n) is 6.61. The molecule has 2 aromatic rings. The molecule has 0 unspecified atom stereocenters. The third kappa shape index (κ3) is 2.54. The number of halogens is 1. The molecule has 6 nitrogen and oxygen atoms in total. The molecule has 0 N–H and O–H groups in total. The Morgan fingerprint density at radius 2 is 1.88 bits per heavy atom. The fraction of sp³-hybridized carbons (Fsp3) is 0.263. The average Bonchev–Trinajstić information content (AvgIpc) is 2.98. The largest absolute Gasteiger partial charge is 0.298 e. The monoisotopic (exact) mass is 413 g/mol. The van der Waals surface area contributed by atoms with Crippen molar-refractivity contribution in [2.75, 3.05) is 0 Å². The molecular weight excluding hydrogens is 398 g/mol. The van der Waals surface area contributed by atoms with Crippen LogP contribution < -0.4 is 0 Å². The van der Waals surface area contributed by atoms with E-state index in [0.717, 1.165) is 21.2 Å². The van der Waals surface area contributed by atoms with Crippen LogP contribution in [0.4, 0.5) is 0 Å². The summed E-state index contributed by atoms with van der Waals surface area (Å²) in [6.45, 7) is 1.48. The molecule has 0 bridgehead atoms. The summed E-state index contributed by atoms with van der Waals surface area (Å²) in [4.78, 5) is 24.3. The average molecular weight is 414 g/mol.